The molecule has 4 heteroatoms. The van der Waals surface area contributed by atoms with Gasteiger partial charge in [0.1, 0.15) is 0 Å². The van der Waals surface area contributed by atoms with Gasteiger partial charge in [0, 0.05) is 18.8 Å². The second kappa shape index (κ2) is 7.29. The number of rotatable bonds is 6. The van der Waals surface area contributed by atoms with E-state index in [-0.39, 0.29) is 23.9 Å². The molecule has 0 radical (unpaired) electrons. The molecule has 4 nitrogen and oxygen atoms in total. The van der Waals surface area contributed by atoms with Crippen LogP contribution < -0.4 is 10.6 Å². The van der Waals surface area contributed by atoms with Crippen molar-refractivity contribution in [2.24, 2.45) is 0 Å². The molecular formula is C16H26N2O2. The first-order valence-corrected chi connectivity index (χ1v) is 6.96. The summed E-state index contributed by atoms with van der Waals surface area (Å²) in [6.07, 6.45) is 0. The number of methoxy groups -OCH3 is 1. The minimum atomic E-state index is -0.0294. The molecule has 20 heavy (non-hydrogen) atoms. The van der Waals surface area contributed by atoms with Gasteiger partial charge in [-0.05, 0) is 24.0 Å². The highest BCUT2D eigenvalue weighted by Gasteiger charge is 2.17. The minimum Gasteiger partial charge on any atom is -0.383 e. The molecule has 0 aliphatic carbocycles. The Labute approximate surface area is 121 Å². The summed E-state index contributed by atoms with van der Waals surface area (Å²) in [6.45, 7) is 9.19. The zero-order valence-electron chi connectivity index (χ0n) is 13.1. The number of nitrogens with one attached hydrogen (secondary N) is 2. The molecule has 0 aliphatic rings. The molecule has 1 rings (SSSR count). The van der Waals surface area contributed by atoms with Crippen LogP contribution >= 0.6 is 0 Å². The maximum Gasteiger partial charge on any atom is 0.239 e. The molecule has 0 spiro atoms. The second-order valence-corrected chi connectivity index (χ2v) is 6.07. The molecule has 1 atom stereocenters. The summed E-state index contributed by atoms with van der Waals surface area (Å²) in [5, 5.41) is 6.10. The third-order valence-corrected chi connectivity index (χ3v) is 3.00. The SMILES string of the molecule is COCC(C)NC(=O)CNc1ccccc1C(C)(C)C. The summed E-state index contributed by atoms with van der Waals surface area (Å²) < 4.78 is 5.00. The van der Waals surface area contributed by atoms with Crippen molar-refractivity contribution in [3.8, 4) is 0 Å². The van der Waals surface area contributed by atoms with Crippen LogP contribution in [0.1, 0.15) is 33.3 Å². The number of benzene rings is 1. The lowest BCUT2D eigenvalue weighted by Gasteiger charge is -2.23. The normalized spacial score (nSPS) is 12.8. The molecule has 2 N–H and O–H groups in total. The molecule has 112 valence electrons. The van der Waals surface area contributed by atoms with Gasteiger partial charge in [-0.25, -0.2) is 0 Å². The monoisotopic (exact) mass is 278 g/mol. The van der Waals surface area contributed by atoms with Gasteiger partial charge < -0.3 is 15.4 Å². The minimum absolute atomic E-state index is 0.0205. The molecule has 0 aromatic heterocycles. The highest BCUT2D eigenvalue weighted by molar-refractivity contribution is 5.81. The van der Waals surface area contributed by atoms with E-state index in [0.29, 0.717) is 6.61 Å². The standard InChI is InChI=1S/C16H26N2O2/c1-12(11-20-5)18-15(19)10-17-14-9-7-6-8-13(14)16(2,3)4/h6-9,12,17H,10-11H2,1-5H3,(H,18,19). The molecule has 0 saturated heterocycles. The maximum atomic E-state index is 11.8. The first-order valence-electron chi connectivity index (χ1n) is 6.96. The van der Waals surface area contributed by atoms with E-state index in [9.17, 15) is 4.79 Å². The average molecular weight is 278 g/mol. The molecular weight excluding hydrogens is 252 g/mol. The molecule has 1 aromatic rings. The summed E-state index contributed by atoms with van der Waals surface area (Å²) in [7, 11) is 1.63. The maximum absolute atomic E-state index is 11.8. The van der Waals surface area contributed by atoms with Crippen molar-refractivity contribution >= 4 is 11.6 Å². The molecule has 1 unspecified atom stereocenters. The van der Waals surface area contributed by atoms with E-state index in [1.807, 2.05) is 25.1 Å². The zero-order valence-corrected chi connectivity index (χ0v) is 13.1. The Morgan fingerprint density at radius 1 is 1.30 bits per heavy atom. The number of hydrogen-bond donors (Lipinski definition) is 2. The van der Waals surface area contributed by atoms with Gasteiger partial charge in [-0.2, -0.15) is 0 Å². The van der Waals surface area contributed by atoms with Crippen LogP contribution in [0.4, 0.5) is 5.69 Å². The third kappa shape index (κ3) is 5.21. The van der Waals surface area contributed by atoms with E-state index in [1.54, 1.807) is 7.11 Å². The van der Waals surface area contributed by atoms with Crippen molar-refractivity contribution in [1.29, 1.82) is 0 Å². The summed E-state index contributed by atoms with van der Waals surface area (Å²) in [5.41, 5.74) is 2.26. The lowest BCUT2D eigenvalue weighted by molar-refractivity contribution is -0.120. The number of amides is 1. The highest BCUT2D eigenvalue weighted by atomic mass is 16.5. The second-order valence-electron chi connectivity index (χ2n) is 6.07. The van der Waals surface area contributed by atoms with Crippen LogP contribution in [-0.4, -0.2) is 32.2 Å². The van der Waals surface area contributed by atoms with Gasteiger partial charge in [0.05, 0.1) is 13.2 Å². The first kappa shape index (κ1) is 16.5. The number of carbonyl (C=O) groups is 1. The number of anilines is 1. The van der Waals surface area contributed by atoms with Crippen molar-refractivity contribution in [2.75, 3.05) is 25.6 Å². The average Bonchev–Trinajstić information content (AvgIpc) is 2.36. The van der Waals surface area contributed by atoms with Crippen LogP contribution in [0.15, 0.2) is 24.3 Å². The van der Waals surface area contributed by atoms with Crippen molar-refractivity contribution in [2.45, 2.75) is 39.2 Å². The summed E-state index contributed by atoms with van der Waals surface area (Å²) >= 11 is 0. The Kier molecular flexibility index (Phi) is 6.02. The van der Waals surface area contributed by atoms with E-state index in [0.717, 1.165) is 5.69 Å². The molecule has 0 heterocycles. The van der Waals surface area contributed by atoms with Gasteiger partial charge >= 0.3 is 0 Å². The number of ether oxygens (including phenoxy) is 1. The Balaban J connectivity index is 2.60. The predicted molar refractivity (Wildman–Crippen MR) is 83.1 cm³/mol. The van der Waals surface area contributed by atoms with Crippen LogP contribution in [0.3, 0.4) is 0 Å². The molecule has 0 bridgehead atoms. The number of para-hydroxylation sites is 1. The van der Waals surface area contributed by atoms with Gasteiger partial charge in [-0.15, -0.1) is 0 Å². The Hall–Kier alpha value is -1.55. The van der Waals surface area contributed by atoms with Gasteiger partial charge in [0.2, 0.25) is 5.91 Å². The molecule has 0 fully saturated rings. The quantitative estimate of drug-likeness (QED) is 0.841. The number of hydrogen-bond acceptors (Lipinski definition) is 3. The van der Waals surface area contributed by atoms with Crippen LogP contribution in [0.5, 0.6) is 0 Å². The van der Waals surface area contributed by atoms with Crippen LogP contribution in [0.2, 0.25) is 0 Å². The van der Waals surface area contributed by atoms with Crippen molar-refractivity contribution in [3.05, 3.63) is 29.8 Å². The van der Waals surface area contributed by atoms with Crippen LogP contribution in [0.25, 0.3) is 0 Å². The Morgan fingerprint density at radius 3 is 2.55 bits per heavy atom. The smallest absolute Gasteiger partial charge is 0.239 e. The molecule has 0 aliphatic heterocycles. The van der Waals surface area contributed by atoms with E-state index < -0.39 is 0 Å². The van der Waals surface area contributed by atoms with Gasteiger partial charge in [0.25, 0.3) is 0 Å². The fraction of sp³-hybridized carbons (Fsp3) is 0.562. The summed E-state index contributed by atoms with van der Waals surface area (Å²) in [4.78, 5) is 11.8. The summed E-state index contributed by atoms with van der Waals surface area (Å²) in [6, 6.07) is 8.11. The van der Waals surface area contributed by atoms with E-state index in [2.05, 4.69) is 37.5 Å². The van der Waals surface area contributed by atoms with Gasteiger partial charge in [0.15, 0.2) is 0 Å². The highest BCUT2D eigenvalue weighted by Crippen LogP contribution is 2.28. The first-order chi connectivity index (χ1) is 9.34. The van der Waals surface area contributed by atoms with Crippen molar-refractivity contribution < 1.29 is 9.53 Å². The lowest BCUT2D eigenvalue weighted by atomic mass is 9.86. The molecule has 1 amide bonds. The van der Waals surface area contributed by atoms with Gasteiger partial charge in [-0.3, -0.25) is 4.79 Å². The fourth-order valence-electron chi connectivity index (χ4n) is 2.08. The third-order valence-electron chi connectivity index (χ3n) is 3.00. The molecule has 1 aromatic carbocycles. The lowest BCUT2D eigenvalue weighted by Crippen LogP contribution is -2.39. The Bertz CT molecular complexity index is 438. The van der Waals surface area contributed by atoms with Gasteiger partial charge in [-0.1, -0.05) is 39.0 Å². The fourth-order valence-corrected chi connectivity index (χ4v) is 2.08. The van der Waals surface area contributed by atoms with E-state index >= 15 is 0 Å². The Morgan fingerprint density at radius 2 is 1.95 bits per heavy atom. The van der Waals surface area contributed by atoms with E-state index in [1.165, 1.54) is 5.56 Å². The van der Waals surface area contributed by atoms with Crippen LogP contribution in [-0.2, 0) is 14.9 Å². The predicted octanol–water partition coefficient (Wildman–Crippen LogP) is 2.55. The van der Waals surface area contributed by atoms with Crippen molar-refractivity contribution in [1.82, 2.24) is 5.32 Å². The largest absolute Gasteiger partial charge is 0.383 e. The van der Waals surface area contributed by atoms with E-state index in [4.69, 9.17) is 4.74 Å². The van der Waals surface area contributed by atoms with Crippen molar-refractivity contribution in [3.63, 3.8) is 0 Å². The van der Waals surface area contributed by atoms with Crippen LogP contribution in [0, 0.1) is 0 Å². The molecule has 0 saturated carbocycles. The zero-order chi connectivity index (χ0) is 15.2. The summed E-state index contributed by atoms with van der Waals surface area (Å²) in [5.74, 6) is -0.0294. The topological polar surface area (TPSA) is 50.4 Å². The number of carbonyl (C=O) groups excluding carboxylic acids is 1.